The standard InChI is InChI=1S/C26H22F3N3O3S/c1-35-20-5-3-2-4-16(20)10-12-32-15-30-23-22(25(32)34)19-11-13-31(14-21(19)36-23)24(33)17-6-8-18(9-7-17)26(27,28)29/h2-9,15H,10-14H2,1H3. The van der Waals surface area contributed by atoms with Crippen LogP contribution in [-0.4, -0.2) is 34.0 Å². The molecule has 0 unspecified atom stereocenters. The number of halogens is 3. The van der Waals surface area contributed by atoms with Crippen LogP contribution in [0.5, 0.6) is 5.75 Å². The molecule has 10 heteroatoms. The third-order valence-electron chi connectivity index (χ3n) is 6.39. The van der Waals surface area contributed by atoms with Gasteiger partial charge in [-0.3, -0.25) is 14.2 Å². The smallest absolute Gasteiger partial charge is 0.416 e. The maximum absolute atomic E-state index is 13.3. The second-order valence-electron chi connectivity index (χ2n) is 8.54. The van der Waals surface area contributed by atoms with E-state index < -0.39 is 11.7 Å². The Morgan fingerprint density at radius 2 is 1.89 bits per heavy atom. The van der Waals surface area contributed by atoms with E-state index in [1.165, 1.54) is 23.5 Å². The summed E-state index contributed by atoms with van der Waals surface area (Å²) in [6, 6.07) is 11.9. The Morgan fingerprint density at radius 3 is 2.61 bits per heavy atom. The van der Waals surface area contributed by atoms with Gasteiger partial charge in [0.1, 0.15) is 10.6 Å². The van der Waals surface area contributed by atoms with Crippen LogP contribution >= 0.6 is 11.3 Å². The lowest BCUT2D eigenvalue weighted by atomic mass is 10.0. The zero-order valence-electron chi connectivity index (χ0n) is 19.3. The molecule has 186 valence electrons. The quantitative estimate of drug-likeness (QED) is 0.380. The fourth-order valence-corrected chi connectivity index (χ4v) is 5.68. The number of carbonyl (C=O) groups is 1. The van der Waals surface area contributed by atoms with E-state index in [0.29, 0.717) is 36.1 Å². The molecule has 0 bridgehead atoms. The summed E-state index contributed by atoms with van der Waals surface area (Å²) in [6.45, 7) is 1.11. The number of alkyl halides is 3. The van der Waals surface area contributed by atoms with E-state index in [0.717, 1.165) is 33.9 Å². The van der Waals surface area contributed by atoms with Crippen molar-refractivity contribution < 1.29 is 22.7 Å². The highest BCUT2D eigenvalue weighted by Crippen LogP contribution is 2.33. The van der Waals surface area contributed by atoms with Crippen molar-refractivity contribution in [1.29, 1.82) is 0 Å². The van der Waals surface area contributed by atoms with Crippen molar-refractivity contribution in [3.8, 4) is 5.75 Å². The number of hydrogen-bond acceptors (Lipinski definition) is 5. The van der Waals surface area contributed by atoms with Crippen LogP contribution in [0.4, 0.5) is 13.2 Å². The number of benzene rings is 2. The molecule has 1 aliphatic rings. The van der Waals surface area contributed by atoms with Gasteiger partial charge in [0.05, 0.1) is 30.9 Å². The second kappa shape index (κ2) is 9.42. The number of hydrogen-bond donors (Lipinski definition) is 0. The number of nitrogens with zero attached hydrogens (tertiary/aromatic N) is 3. The van der Waals surface area contributed by atoms with Crippen LogP contribution in [0.25, 0.3) is 10.2 Å². The number of methoxy groups -OCH3 is 1. The van der Waals surface area contributed by atoms with Crippen molar-refractivity contribution in [3.05, 3.63) is 92.3 Å². The van der Waals surface area contributed by atoms with Crippen molar-refractivity contribution in [3.63, 3.8) is 0 Å². The van der Waals surface area contributed by atoms with E-state index in [2.05, 4.69) is 4.98 Å². The fraction of sp³-hybridized carbons (Fsp3) is 0.269. The molecule has 0 fully saturated rings. The molecule has 1 amide bonds. The number of ether oxygens (including phenoxy) is 1. The van der Waals surface area contributed by atoms with Gasteiger partial charge in [-0.25, -0.2) is 4.98 Å². The Morgan fingerprint density at radius 1 is 1.14 bits per heavy atom. The molecule has 2 aromatic heterocycles. The van der Waals surface area contributed by atoms with Gasteiger partial charge < -0.3 is 9.64 Å². The Balaban J connectivity index is 1.36. The van der Waals surface area contributed by atoms with Gasteiger partial charge in [0, 0.05) is 23.5 Å². The van der Waals surface area contributed by atoms with Crippen molar-refractivity contribution in [2.75, 3.05) is 13.7 Å². The van der Waals surface area contributed by atoms with Gasteiger partial charge in [-0.15, -0.1) is 11.3 Å². The summed E-state index contributed by atoms with van der Waals surface area (Å²) in [5.74, 6) is 0.430. The first-order valence-corrected chi connectivity index (χ1v) is 12.2. The van der Waals surface area contributed by atoms with Crippen LogP contribution in [0.1, 0.15) is 31.9 Å². The molecule has 0 radical (unpaired) electrons. The maximum atomic E-state index is 13.3. The summed E-state index contributed by atoms with van der Waals surface area (Å²) >= 11 is 1.38. The molecule has 0 saturated heterocycles. The molecule has 4 aromatic rings. The predicted octanol–water partition coefficient (Wildman–Crippen LogP) is 4.93. The van der Waals surface area contributed by atoms with Gasteiger partial charge in [0.15, 0.2) is 0 Å². The SMILES string of the molecule is COc1ccccc1CCn1cnc2sc3c(c2c1=O)CCN(C(=O)c1ccc(C(F)(F)F)cc1)C3. The molecule has 5 rings (SSSR count). The Hall–Kier alpha value is -3.66. The third-order valence-corrected chi connectivity index (χ3v) is 7.51. The topological polar surface area (TPSA) is 64.4 Å². The lowest BCUT2D eigenvalue weighted by Gasteiger charge is -2.27. The molecule has 0 N–H and O–H groups in total. The summed E-state index contributed by atoms with van der Waals surface area (Å²) in [5.41, 5.74) is 1.18. The highest BCUT2D eigenvalue weighted by atomic mass is 32.1. The van der Waals surface area contributed by atoms with Crippen molar-refractivity contribution in [1.82, 2.24) is 14.5 Å². The van der Waals surface area contributed by atoms with Crippen molar-refractivity contribution in [2.45, 2.75) is 32.1 Å². The first-order chi connectivity index (χ1) is 17.3. The molecule has 0 aliphatic carbocycles. The molecule has 0 spiro atoms. The minimum Gasteiger partial charge on any atom is -0.496 e. The van der Waals surface area contributed by atoms with Gasteiger partial charge >= 0.3 is 6.18 Å². The van der Waals surface area contributed by atoms with Crippen LogP contribution in [0.2, 0.25) is 0 Å². The minimum absolute atomic E-state index is 0.116. The van der Waals surface area contributed by atoms with E-state index in [1.54, 1.807) is 22.9 Å². The highest BCUT2D eigenvalue weighted by Gasteiger charge is 2.31. The first kappa shape index (κ1) is 24.1. The predicted molar refractivity (Wildman–Crippen MR) is 130 cm³/mol. The number of fused-ring (bicyclic) bond motifs is 3. The average molecular weight is 514 g/mol. The Bertz CT molecular complexity index is 1490. The Kier molecular flexibility index (Phi) is 6.29. The summed E-state index contributed by atoms with van der Waals surface area (Å²) < 4.78 is 45.5. The van der Waals surface area contributed by atoms with Crippen molar-refractivity contribution >= 4 is 27.5 Å². The number of carbonyl (C=O) groups excluding carboxylic acids is 1. The first-order valence-electron chi connectivity index (χ1n) is 11.3. The van der Waals surface area contributed by atoms with E-state index in [9.17, 15) is 22.8 Å². The van der Waals surface area contributed by atoms with Crippen LogP contribution < -0.4 is 10.3 Å². The molecule has 3 heterocycles. The van der Waals surface area contributed by atoms with Crippen molar-refractivity contribution in [2.24, 2.45) is 0 Å². The summed E-state index contributed by atoms with van der Waals surface area (Å²) in [6.07, 6.45) is -1.81. The normalized spacial score (nSPS) is 13.6. The van der Waals surface area contributed by atoms with E-state index in [-0.39, 0.29) is 23.6 Å². The molecule has 36 heavy (non-hydrogen) atoms. The van der Waals surface area contributed by atoms with E-state index in [1.807, 2.05) is 24.3 Å². The van der Waals surface area contributed by atoms with E-state index >= 15 is 0 Å². The van der Waals surface area contributed by atoms with Gasteiger partial charge in [-0.2, -0.15) is 13.2 Å². The second-order valence-corrected chi connectivity index (χ2v) is 9.62. The number of aryl methyl sites for hydroxylation is 2. The maximum Gasteiger partial charge on any atom is 0.416 e. The van der Waals surface area contributed by atoms with E-state index in [4.69, 9.17) is 4.74 Å². The largest absolute Gasteiger partial charge is 0.496 e. The lowest BCUT2D eigenvalue weighted by Crippen LogP contribution is -2.35. The number of aromatic nitrogens is 2. The summed E-state index contributed by atoms with van der Waals surface area (Å²) in [5, 5.41) is 0.583. The zero-order chi connectivity index (χ0) is 25.4. The van der Waals surface area contributed by atoms with Gasteiger partial charge in [0.25, 0.3) is 11.5 Å². The number of rotatable bonds is 5. The van der Waals surface area contributed by atoms with Crippen LogP contribution in [-0.2, 0) is 32.1 Å². The molecule has 2 aromatic carbocycles. The number of amides is 1. The van der Waals surface area contributed by atoms with Crippen LogP contribution in [0.15, 0.2) is 59.7 Å². The molecule has 6 nitrogen and oxygen atoms in total. The molecule has 1 aliphatic heterocycles. The average Bonchev–Trinajstić information content (AvgIpc) is 3.26. The lowest BCUT2D eigenvalue weighted by molar-refractivity contribution is -0.137. The molecule has 0 saturated carbocycles. The molecular formula is C26H22F3N3O3S. The third kappa shape index (κ3) is 4.48. The van der Waals surface area contributed by atoms with Gasteiger partial charge in [-0.1, -0.05) is 18.2 Å². The summed E-state index contributed by atoms with van der Waals surface area (Å²) in [4.78, 5) is 33.9. The van der Waals surface area contributed by atoms with Gasteiger partial charge in [0.2, 0.25) is 0 Å². The number of thiophene rings is 1. The van der Waals surface area contributed by atoms with Crippen LogP contribution in [0, 0.1) is 0 Å². The minimum atomic E-state index is -4.45. The van der Waals surface area contributed by atoms with Crippen LogP contribution in [0.3, 0.4) is 0 Å². The molecular weight excluding hydrogens is 491 g/mol. The molecule has 0 atom stereocenters. The number of para-hydroxylation sites is 1. The zero-order valence-corrected chi connectivity index (χ0v) is 20.2. The summed E-state index contributed by atoms with van der Waals surface area (Å²) in [7, 11) is 1.61. The highest BCUT2D eigenvalue weighted by molar-refractivity contribution is 7.18. The monoisotopic (exact) mass is 513 g/mol. The van der Waals surface area contributed by atoms with Gasteiger partial charge in [-0.05, 0) is 54.3 Å². The Labute approximate surface area is 208 Å². The fourth-order valence-electron chi connectivity index (χ4n) is 4.49.